The van der Waals surface area contributed by atoms with Gasteiger partial charge >= 0.3 is 0 Å². The van der Waals surface area contributed by atoms with E-state index in [2.05, 4.69) is 182 Å². The second-order valence-electron chi connectivity index (χ2n) is 14.6. The predicted molar refractivity (Wildman–Crippen MR) is 177 cm³/mol. The highest BCUT2D eigenvalue weighted by molar-refractivity contribution is 5.87. The maximum atomic E-state index is 6.57. The van der Waals surface area contributed by atoms with E-state index in [0.29, 0.717) is 0 Å². The lowest BCUT2D eigenvalue weighted by Gasteiger charge is -2.35. The van der Waals surface area contributed by atoms with Gasteiger partial charge in [-0.1, -0.05) is 133 Å². The van der Waals surface area contributed by atoms with Crippen LogP contribution in [0.5, 0.6) is 0 Å². The smallest absolute Gasteiger partial charge is 0.213 e. The van der Waals surface area contributed by atoms with E-state index in [0.717, 1.165) is 11.5 Å². The van der Waals surface area contributed by atoms with Crippen molar-refractivity contribution in [2.75, 3.05) is 0 Å². The van der Waals surface area contributed by atoms with Crippen LogP contribution < -0.4 is 0 Å². The Balaban J connectivity index is 1.90. The monoisotopic (exact) mass is 556 g/mol. The lowest BCUT2D eigenvalue weighted by Crippen LogP contribution is -2.35. The van der Waals surface area contributed by atoms with E-state index in [1.54, 1.807) is 0 Å². The summed E-state index contributed by atoms with van der Waals surface area (Å²) in [4.78, 5) is 0. The van der Waals surface area contributed by atoms with E-state index in [-0.39, 0.29) is 16.4 Å². The van der Waals surface area contributed by atoms with Crippen molar-refractivity contribution >= 4 is 6.21 Å². The summed E-state index contributed by atoms with van der Waals surface area (Å²) in [5, 5.41) is 0. The maximum absolute atomic E-state index is 6.57. The molecule has 0 bridgehead atoms. The summed E-state index contributed by atoms with van der Waals surface area (Å²) in [7, 11) is 0. The third-order valence-electron chi connectivity index (χ3n) is 8.16. The molecule has 42 heavy (non-hydrogen) atoms. The Labute approximate surface area is 253 Å². The Morgan fingerprint density at radius 3 is 1.21 bits per heavy atom. The zero-order valence-electron chi connectivity index (χ0n) is 26.8. The van der Waals surface area contributed by atoms with Gasteiger partial charge in [-0.3, -0.25) is 0 Å². The van der Waals surface area contributed by atoms with Crippen LogP contribution in [0.25, 0.3) is 0 Å². The molecule has 0 N–H and O–H groups in total. The van der Waals surface area contributed by atoms with Crippen LogP contribution in [0.3, 0.4) is 0 Å². The minimum Gasteiger partial charge on any atom is -0.465 e. The number of rotatable bonds is 4. The van der Waals surface area contributed by atoms with E-state index >= 15 is 0 Å². The molecule has 2 nitrogen and oxygen atoms in total. The summed E-state index contributed by atoms with van der Waals surface area (Å²) in [6, 6.07) is 32.8. The normalized spacial score (nSPS) is 16.4. The van der Waals surface area contributed by atoms with E-state index in [4.69, 9.17) is 4.74 Å². The summed E-state index contributed by atoms with van der Waals surface area (Å²) >= 11 is 0. The highest BCUT2D eigenvalue weighted by Crippen LogP contribution is 2.48. The molecule has 216 valence electrons. The van der Waals surface area contributed by atoms with Crippen LogP contribution in [0.2, 0.25) is 0 Å². The van der Waals surface area contributed by atoms with Gasteiger partial charge in [0.25, 0.3) is 0 Å². The fourth-order valence-corrected chi connectivity index (χ4v) is 5.90. The molecule has 0 atom stereocenters. The fourth-order valence-electron chi connectivity index (χ4n) is 5.90. The molecule has 0 saturated carbocycles. The van der Waals surface area contributed by atoms with Crippen molar-refractivity contribution in [2.45, 2.75) is 73.3 Å². The van der Waals surface area contributed by atoms with Crippen molar-refractivity contribution < 1.29 is 9.31 Å². The van der Waals surface area contributed by atoms with Crippen molar-refractivity contribution in [1.82, 2.24) is 0 Å². The lowest BCUT2D eigenvalue weighted by molar-refractivity contribution is -0.541. The van der Waals surface area contributed by atoms with Crippen LogP contribution in [0.15, 0.2) is 138 Å². The third kappa shape index (κ3) is 5.48. The summed E-state index contributed by atoms with van der Waals surface area (Å²) in [5.41, 5.74) is 6.44. The molecular weight excluding hydrogens is 510 g/mol. The predicted octanol–water partition coefficient (Wildman–Crippen LogP) is 9.99. The minimum absolute atomic E-state index is 0.125. The molecule has 2 aliphatic heterocycles. The number of nitrogens with zero attached hydrogens (tertiary/aromatic N) is 1. The van der Waals surface area contributed by atoms with Gasteiger partial charge in [0.05, 0.1) is 11.0 Å². The standard InChI is InChI=1S/C40H46NO/c1-37(2,3)35-25-29(26-36(42-35)38(4,5)6)34-27-33(28-41(34)39(7,8)9)40(30-19-13-10-14-20-30,31-21-15-11-16-22-31)32-23-17-12-18-24-32/h10-28H,1-9H3/q+1. The molecule has 0 spiro atoms. The molecule has 5 rings (SSSR count). The Bertz CT molecular complexity index is 1470. The number of ether oxygens (including phenoxy) is 1. The van der Waals surface area contributed by atoms with Crippen LogP contribution >= 0.6 is 0 Å². The summed E-state index contributed by atoms with van der Waals surface area (Å²) < 4.78 is 9.03. The average molecular weight is 557 g/mol. The summed E-state index contributed by atoms with van der Waals surface area (Å²) in [5.74, 6) is 1.99. The summed E-state index contributed by atoms with van der Waals surface area (Å²) in [6.07, 6.45) is 9.32. The largest absolute Gasteiger partial charge is 0.465 e. The highest BCUT2D eigenvalue weighted by atomic mass is 16.5. The number of hydrogen-bond donors (Lipinski definition) is 0. The van der Waals surface area contributed by atoms with Gasteiger partial charge < -0.3 is 4.74 Å². The van der Waals surface area contributed by atoms with Crippen molar-refractivity contribution in [3.8, 4) is 0 Å². The van der Waals surface area contributed by atoms with Crippen LogP contribution in [0.1, 0.15) is 79.0 Å². The molecule has 0 radical (unpaired) electrons. The van der Waals surface area contributed by atoms with E-state index < -0.39 is 5.41 Å². The molecule has 0 amide bonds. The molecule has 0 aromatic heterocycles. The number of benzene rings is 3. The molecule has 0 aliphatic carbocycles. The molecule has 3 aromatic rings. The fraction of sp³-hybridized carbons (Fsp3) is 0.325. The van der Waals surface area contributed by atoms with Crippen LogP contribution in [-0.2, 0) is 10.2 Å². The second kappa shape index (κ2) is 10.7. The SMILES string of the molecule is CC(C)(C)C1=CC(=C2C=C(C(c3ccccc3)(c3ccccc3)c3ccccc3)C=[N+]2C(C)(C)C)C=C(C(C)(C)C)O1. The van der Waals surface area contributed by atoms with Crippen molar-refractivity contribution in [1.29, 1.82) is 0 Å². The van der Waals surface area contributed by atoms with E-state index in [9.17, 15) is 0 Å². The van der Waals surface area contributed by atoms with Crippen LogP contribution in [0, 0.1) is 10.8 Å². The molecule has 3 aromatic carbocycles. The van der Waals surface area contributed by atoms with Crippen molar-refractivity contribution in [3.63, 3.8) is 0 Å². The zero-order valence-corrected chi connectivity index (χ0v) is 26.8. The van der Waals surface area contributed by atoms with Gasteiger partial charge in [0.1, 0.15) is 11.5 Å². The van der Waals surface area contributed by atoms with Gasteiger partial charge in [-0.2, -0.15) is 4.58 Å². The molecule has 0 saturated heterocycles. The van der Waals surface area contributed by atoms with Gasteiger partial charge in [0.15, 0.2) is 11.8 Å². The Kier molecular flexibility index (Phi) is 7.56. The number of allylic oxidation sites excluding steroid dienone is 7. The van der Waals surface area contributed by atoms with Crippen molar-refractivity contribution in [2.24, 2.45) is 10.8 Å². The lowest BCUT2D eigenvalue weighted by atomic mass is 9.65. The Hall–Kier alpha value is -3.91. The van der Waals surface area contributed by atoms with Gasteiger partial charge in [-0.25, -0.2) is 0 Å². The minimum atomic E-state index is -0.506. The molecule has 2 heterocycles. The van der Waals surface area contributed by atoms with Gasteiger partial charge in [0, 0.05) is 43.3 Å². The topological polar surface area (TPSA) is 12.2 Å². The van der Waals surface area contributed by atoms with Crippen molar-refractivity contribution in [3.05, 3.63) is 154 Å². The second-order valence-corrected chi connectivity index (χ2v) is 14.6. The quantitative estimate of drug-likeness (QED) is 0.230. The molecular formula is C40H46NO+. The third-order valence-corrected chi connectivity index (χ3v) is 8.16. The molecule has 0 fully saturated rings. The zero-order chi connectivity index (χ0) is 30.3. The van der Waals surface area contributed by atoms with Crippen LogP contribution in [0.4, 0.5) is 0 Å². The van der Waals surface area contributed by atoms with Crippen LogP contribution in [-0.4, -0.2) is 16.3 Å². The first-order valence-electron chi connectivity index (χ1n) is 15.1. The van der Waals surface area contributed by atoms with Gasteiger partial charge in [0.2, 0.25) is 5.70 Å². The van der Waals surface area contributed by atoms with Gasteiger partial charge in [-0.15, -0.1) is 0 Å². The summed E-state index contributed by atoms with van der Waals surface area (Å²) in [6.45, 7) is 20.2. The average Bonchev–Trinajstić information content (AvgIpc) is 3.41. The van der Waals surface area contributed by atoms with E-state index in [1.165, 1.54) is 33.5 Å². The molecule has 2 heteroatoms. The molecule has 2 aliphatic rings. The first-order chi connectivity index (χ1) is 19.7. The highest BCUT2D eigenvalue weighted by Gasteiger charge is 2.46. The first kappa shape index (κ1) is 29.6. The first-order valence-corrected chi connectivity index (χ1v) is 15.1. The van der Waals surface area contributed by atoms with Gasteiger partial charge in [-0.05, 0) is 28.8 Å². The molecule has 0 unspecified atom stereocenters. The Morgan fingerprint density at radius 2 is 0.881 bits per heavy atom. The van der Waals surface area contributed by atoms with E-state index in [1.807, 2.05) is 0 Å². The Morgan fingerprint density at radius 1 is 0.500 bits per heavy atom. The maximum Gasteiger partial charge on any atom is 0.213 e. The number of hydrogen-bond acceptors (Lipinski definition) is 1.